The lowest BCUT2D eigenvalue weighted by Gasteiger charge is -1.79. The molecule has 3 heteroatoms. The SMILES string of the molecule is C.C.Clc1ccccn1.c1ccncc1. The Morgan fingerprint density at radius 2 is 1.40 bits per heavy atom. The quantitative estimate of drug-likeness (QED) is 0.630. The van der Waals surface area contributed by atoms with Gasteiger partial charge in [0.15, 0.2) is 0 Å². The molecule has 2 nitrogen and oxygen atoms in total. The number of pyridine rings is 2. The van der Waals surface area contributed by atoms with Gasteiger partial charge >= 0.3 is 0 Å². The highest BCUT2D eigenvalue weighted by Gasteiger charge is 1.76. The molecule has 2 aromatic heterocycles. The fourth-order valence-corrected chi connectivity index (χ4v) is 0.784. The number of rotatable bonds is 0. The minimum Gasteiger partial charge on any atom is -0.265 e. The van der Waals surface area contributed by atoms with Gasteiger partial charge in [0.05, 0.1) is 0 Å². The maximum atomic E-state index is 5.43. The Kier molecular flexibility index (Phi) is 11.4. The van der Waals surface area contributed by atoms with Crippen molar-refractivity contribution in [3.05, 3.63) is 60.1 Å². The molecule has 2 heterocycles. The summed E-state index contributed by atoms with van der Waals surface area (Å²) in [5, 5.41) is 0.544. The van der Waals surface area contributed by atoms with Gasteiger partial charge in [0.1, 0.15) is 5.15 Å². The van der Waals surface area contributed by atoms with Gasteiger partial charge in [-0.15, -0.1) is 0 Å². The predicted molar refractivity (Wildman–Crippen MR) is 66.9 cm³/mol. The molecule has 2 rings (SSSR count). The summed E-state index contributed by atoms with van der Waals surface area (Å²) >= 11 is 5.43. The molecule has 0 saturated heterocycles. The van der Waals surface area contributed by atoms with Crippen molar-refractivity contribution in [1.82, 2.24) is 9.97 Å². The van der Waals surface area contributed by atoms with Gasteiger partial charge in [0.2, 0.25) is 0 Å². The Bertz CT molecular complexity index is 284. The first-order chi connectivity index (χ1) is 6.39. The van der Waals surface area contributed by atoms with E-state index in [-0.39, 0.29) is 14.9 Å². The van der Waals surface area contributed by atoms with Gasteiger partial charge in [-0.05, 0) is 24.3 Å². The van der Waals surface area contributed by atoms with Crippen molar-refractivity contribution in [3.8, 4) is 0 Å². The molecule has 0 aliphatic carbocycles. The molecule has 0 aromatic carbocycles. The van der Waals surface area contributed by atoms with Crippen molar-refractivity contribution in [2.45, 2.75) is 14.9 Å². The van der Waals surface area contributed by atoms with Crippen molar-refractivity contribution >= 4 is 11.6 Å². The largest absolute Gasteiger partial charge is 0.265 e. The van der Waals surface area contributed by atoms with Gasteiger partial charge in [-0.25, -0.2) is 4.98 Å². The van der Waals surface area contributed by atoms with Crippen LogP contribution >= 0.6 is 11.6 Å². The number of hydrogen-bond acceptors (Lipinski definition) is 2. The molecular weight excluding hydrogens is 208 g/mol. The Morgan fingerprint density at radius 1 is 0.800 bits per heavy atom. The van der Waals surface area contributed by atoms with Crippen LogP contribution in [0.2, 0.25) is 5.15 Å². The van der Waals surface area contributed by atoms with E-state index in [0.717, 1.165) is 0 Å². The third-order valence-electron chi connectivity index (χ3n) is 1.20. The van der Waals surface area contributed by atoms with Crippen molar-refractivity contribution < 1.29 is 0 Å². The summed E-state index contributed by atoms with van der Waals surface area (Å²) in [6, 6.07) is 11.1. The summed E-state index contributed by atoms with van der Waals surface area (Å²) in [4.78, 5) is 7.53. The van der Waals surface area contributed by atoms with E-state index in [0.29, 0.717) is 5.15 Å². The molecule has 0 amide bonds. The number of hydrogen-bond donors (Lipinski definition) is 0. The summed E-state index contributed by atoms with van der Waals surface area (Å²) in [5.74, 6) is 0. The first-order valence-electron chi connectivity index (χ1n) is 3.81. The maximum Gasteiger partial charge on any atom is 0.129 e. The van der Waals surface area contributed by atoms with Crippen LogP contribution in [-0.2, 0) is 0 Å². The fraction of sp³-hybridized carbons (Fsp3) is 0.167. The zero-order valence-electron chi connectivity index (χ0n) is 6.97. The highest BCUT2D eigenvalue weighted by Crippen LogP contribution is 1.98. The second-order valence-electron chi connectivity index (χ2n) is 2.18. The standard InChI is InChI=1S/C5H4ClN.C5H5N.2CH4/c6-5-3-1-2-4-7-5;1-2-4-6-5-3-1;;/h1-4H;1-5H;2*1H4. The van der Waals surface area contributed by atoms with E-state index in [2.05, 4.69) is 9.97 Å². The normalized spacial score (nSPS) is 7.27. The van der Waals surface area contributed by atoms with Crippen LogP contribution in [0.5, 0.6) is 0 Å². The minimum absolute atomic E-state index is 0. The Balaban J connectivity index is 0. The van der Waals surface area contributed by atoms with Gasteiger partial charge in [-0.2, -0.15) is 0 Å². The molecule has 0 N–H and O–H groups in total. The molecule has 15 heavy (non-hydrogen) atoms. The minimum atomic E-state index is 0. The monoisotopic (exact) mass is 224 g/mol. The van der Waals surface area contributed by atoms with Gasteiger partial charge in [0, 0.05) is 18.6 Å². The highest BCUT2D eigenvalue weighted by atomic mass is 35.5. The van der Waals surface area contributed by atoms with E-state index < -0.39 is 0 Å². The Hall–Kier alpha value is -1.41. The second-order valence-corrected chi connectivity index (χ2v) is 2.56. The molecule has 0 radical (unpaired) electrons. The molecule has 0 aliphatic heterocycles. The van der Waals surface area contributed by atoms with Crippen LogP contribution in [0.1, 0.15) is 14.9 Å². The average molecular weight is 225 g/mol. The summed E-state index contributed by atoms with van der Waals surface area (Å²) in [5.41, 5.74) is 0. The predicted octanol–water partition coefficient (Wildman–Crippen LogP) is 4.09. The lowest BCUT2D eigenvalue weighted by Crippen LogP contribution is -1.65. The molecule has 0 unspecified atom stereocenters. The number of halogens is 1. The molecule has 0 atom stereocenters. The maximum absolute atomic E-state index is 5.43. The molecule has 0 saturated carbocycles. The summed E-state index contributed by atoms with van der Waals surface area (Å²) in [6.07, 6.45) is 5.16. The van der Waals surface area contributed by atoms with Crippen molar-refractivity contribution in [3.63, 3.8) is 0 Å². The molecule has 0 fully saturated rings. The third kappa shape index (κ3) is 8.91. The van der Waals surface area contributed by atoms with Crippen LogP contribution in [0.15, 0.2) is 55.0 Å². The number of nitrogens with zero attached hydrogens (tertiary/aromatic N) is 2. The molecular formula is C12H17ClN2. The van der Waals surface area contributed by atoms with E-state index in [1.807, 2.05) is 30.3 Å². The van der Waals surface area contributed by atoms with Crippen molar-refractivity contribution in [2.24, 2.45) is 0 Å². The van der Waals surface area contributed by atoms with Crippen LogP contribution in [-0.4, -0.2) is 9.97 Å². The third-order valence-corrected chi connectivity index (χ3v) is 1.42. The summed E-state index contributed by atoms with van der Waals surface area (Å²) < 4.78 is 0. The van der Waals surface area contributed by atoms with Crippen LogP contribution in [0.3, 0.4) is 0 Å². The van der Waals surface area contributed by atoms with Gasteiger partial charge in [-0.3, -0.25) is 4.98 Å². The van der Waals surface area contributed by atoms with Crippen LogP contribution in [0.4, 0.5) is 0 Å². The van der Waals surface area contributed by atoms with Gasteiger partial charge < -0.3 is 0 Å². The zero-order chi connectivity index (χ0) is 9.36. The van der Waals surface area contributed by atoms with E-state index in [9.17, 15) is 0 Å². The highest BCUT2D eigenvalue weighted by molar-refractivity contribution is 6.29. The lowest BCUT2D eigenvalue weighted by molar-refractivity contribution is 1.33. The Labute approximate surface area is 97.0 Å². The molecule has 0 aliphatic rings. The van der Waals surface area contributed by atoms with Gasteiger partial charge in [0.25, 0.3) is 0 Å². The van der Waals surface area contributed by atoms with Crippen molar-refractivity contribution in [2.75, 3.05) is 0 Å². The summed E-state index contributed by atoms with van der Waals surface area (Å²) in [7, 11) is 0. The Morgan fingerprint density at radius 3 is 1.60 bits per heavy atom. The lowest BCUT2D eigenvalue weighted by atomic mass is 10.5. The smallest absolute Gasteiger partial charge is 0.129 e. The second kappa shape index (κ2) is 10.7. The molecule has 0 bridgehead atoms. The molecule has 82 valence electrons. The van der Waals surface area contributed by atoms with E-state index >= 15 is 0 Å². The first-order valence-corrected chi connectivity index (χ1v) is 4.19. The molecule has 2 aromatic rings. The zero-order valence-corrected chi connectivity index (χ0v) is 7.72. The van der Waals surface area contributed by atoms with Crippen molar-refractivity contribution in [1.29, 1.82) is 0 Å². The van der Waals surface area contributed by atoms with Crippen LogP contribution < -0.4 is 0 Å². The van der Waals surface area contributed by atoms with Gasteiger partial charge in [-0.1, -0.05) is 38.6 Å². The van der Waals surface area contributed by atoms with Crippen LogP contribution in [0.25, 0.3) is 0 Å². The van der Waals surface area contributed by atoms with E-state index in [1.54, 1.807) is 24.7 Å². The topological polar surface area (TPSA) is 25.8 Å². The average Bonchev–Trinajstić information content (AvgIpc) is 2.22. The number of aromatic nitrogens is 2. The summed E-state index contributed by atoms with van der Waals surface area (Å²) in [6.45, 7) is 0. The molecule has 0 spiro atoms. The van der Waals surface area contributed by atoms with Crippen LogP contribution in [0, 0.1) is 0 Å². The fourth-order valence-electron chi connectivity index (χ4n) is 0.655. The first kappa shape index (κ1) is 16.0. The van der Waals surface area contributed by atoms with E-state index in [4.69, 9.17) is 11.6 Å². The van der Waals surface area contributed by atoms with E-state index in [1.165, 1.54) is 0 Å².